The second kappa shape index (κ2) is 7.92. The van der Waals surface area contributed by atoms with Crippen LogP contribution in [0.25, 0.3) is 10.1 Å². The molecule has 0 bridgehead atoms. The predicted octanol–water partition coefficient (Wildman–Crippen LogP) is 3.24. The summed E-state index contributed by atoms with van der Waals surface area (Å²) in [5.41, 5.74) is 0.00395. The molecule has 9 heteroatoms. The number of benzene rings is 2. The number of halogens is 1. The van der Waals surface area contributed by atoms with Crippen LogP contribution in [0, 0.1) is 5.82 Å². The highest BCUT2D eigenvalue weighted by Gasteiger charge is 2.25. The van der Waals surface area contributed by atoms with Gasteiger partial charge < -0.3 is 9.47 Å². The van der Waals surface area contributed by atoms with E-state index in [0.717, 1.165) is 17.8 Å². The van der Waals surface area contributed by atoms with E-state index < -0.39 is 27.3 Å². The Kier molecular flexibility index (Phi) is 5.76. The minimum Gasteiger partial charge on any atom is -0.493 e. The van der Waals surface area contributed by atoms with Gasteiger partial charge in [-0.3, -0.25) is 8.75 Å². The zero-order chi connectivity index (χ0) is 20.5. The van der Waals surface area contributed by atoms with Gasteiger partial charge in [-0.1, -0.05) is 23.7 Å². The van der Waals surface area contributed by atoms with Crippen LogP contribution in [0.3, 0.4) is 0 Å². The molecule has 150 valence electrons. The topological polar surface area (TPSA) is 74.6 Å². The van der Waals surface area contributed by atoms with E-state index in [-0.39, 0.29) is 11.1 Å². The maximum Gasteiger partial charge on any atom is 0.272 e. The zero-order valence-electron chi connectivity index (χ0n) is 15.6. The minimum atomic E-state index is -3.44. The monoisotopic (exact) mass is 425 g/mol. The molecule has 0 amide bonds. The van der Waals surface area contributed by atoms with Gasteiger partial charge in [-0.25, -0.2) is 12.8 Å². The van der Waals surface area contributed by atoms with Crippen LogP contribution in [0.5, 0.6) is 11.5 Å². The Balaban J connectivity index is 2.21. The summed E-state index contributed by atoms with van der Waals surface area (Å²) >= 11 is 1.04. The van der Waals surface area contributed by atoms with Crippen LogP contribution in [-0.4, -0.2) is 38.1 Å². The molecule has 0 saturated heterocycles. The van der Waals surface area contributed by atoms with Gasteiger partial charge >= 0.3 is 0 Å². The van der Waals surface area contributed by atoms with Crippen LogP contribution in [0.15, 0.2) is 41.2 Å². The SMILES string of the molecule is CCOc1cc([C@@H](CS(C)(=O)=O)n2sc3cccc(F)c3c2=O)ccc1OC. The number of rotatable bonds is 7. The third-order valence-electron chi connectivity index (χ3n) is 4.20. The number of aromatic nitrogens is 1. The van der Waals surface area contributed by atoms with Crippen LogP contribution in [0.4, 0.5) is 4.39 Å². The number of hydrogen-bond acceptors (Lipinski definition) is 6. The van der Waals surface area contributed by atoms with Crippen LogP contribution >= 0.6 is 11.5 Å². The molecule has 0 aliphatic carbocycles. The van der Waals surface area contributed by atoms with Gasteiger partial charge in [-0.15, -0.1) is 0 Å². The number of methoxy groups -OCH3 is 1. The largest absolute Gasteiger partial charge is 0.493 e. The molecule has 0 radical (unpaired) electrons. The Morgan fingerprint density at radius 1 is 1.21 bits per heavy atom. The molecule has 0 fully saturated rings. The van der Waals surface area contributed by atoms with Crippen molar-refractivity contribution in [1.29, 1.82) is 0 Å². The Labute approximate surface area is 166 Å². The molecule has 1 heterocycles. The van der Waals surface area contributed by atoms with Gasteiger partial charge in [0.2, 0.25) is 0 Å². The van der Waals surface area contributed by atoms with Crippen molar-refractivity contribution in [2.45, 2.75) is 13.0 Å². The van der Waals surface area contributed by atoms with E-state index in [1.807, 2.05) is 6.92 Å². The maximum absolute atomic E-state index is 14.2. The van der Waals surface area contributed by atoms with E-state index in [2.05, 4.69) is 0 Å². The van der Waals surface area contributed by atoms with Gasteiger partial charge in [0, 0.05) is 6.26 Å². The van der Waals surface area contributed by atoms with Gasteiger partial charge in [0.15, 0.2) is 11.5 Å². The molecule has 2 aromatic carbocycles. The molecular weight excluding hydrogens is 405 g/mol. The number of sulfone groups is 1. The second-order valence-electron chi connectivity index (χ2n) is 6.29. The lowest BCUT2D eigenvalue weighted by Crippen LogP contribution is -2.26. The Bertz CT molecular complexity index is 1170. The van der Waals surface area contributed by atoms with Crippen molar-refractivity contribution in [3.05, 3.63) is 58.1 Å². The van der Waals surface area contributed by atoms with Gasteiger partial charge in [0.25, 0.3) is 5.56 Å². The summed E-state index contributed by atoms with van der Waals surface area (Å²) < 4.78 is 50.9. The van der Waals surface area contributed by atoms with Crippen molar-refractivity contribution in [2.24, 2.45) is 0 Å². The standard InChI is InChI=1S/C19H20FNO5S2/c1-4-26-16-10-12(8-9-15(16)25-2)14(11-28(3,23)24)21-19(22)18-13(20)6-5-7-17(18)27-21/h5-10,14H,4,11H2,1-3H3/t14-/m1/s1. The first-order valence-corrected chi connectivity index (χ1v) is 11.4. The Morgan fingerprint density at radius 3 is 2.57 bits per heavy atom. The molecule has 1 atom stereocenters. The lowest BCUT2D eigenvalue weighted by atomic mass is 10.1. The van der Waals surface area contributed by atoms with E-state index >= 15 is 0 Å². The fourth-order valence-electron chi connectivity index (χ4n) is 3.01. The average molecular weight is 426 g/mol. The fourth-order valence-corrected chi connectivity index (χ4v) is 5.14. The summed E-state index contributed by atoms with van der Waals surface area (Å²) in [4.78, 5) is 12.9. The van der Waals surface area contributed by atoms with Gasteiger partial charge in [0.1, 0.15) is 15.7 Å². The van der Waals surface area contributed by atoms with Crippen LogP contribution < -0.4 is 15.0 Å². The second-order valence-corrected chi connectivity index (χ2v) is 9.49. The van der Waals surface area contributed by atoms with Crippen molar-refractivity contribution >= 4 is 31.5 Å². The Hall–Kier alpha value is -2.39. The number of hydrogen-bond donors (Lipinski definition) is 0. The molecule has 0 unspecified atom stereocenters. The molecule has 0 N–H and O–H groups in total. The molecule has 0 aliphatic rings. The lowest BCUT2D eigenvalue weighted by Gasteiger charge is -2.19. The van der Waals surface area contributed by atoms with Crippen molar-refractivity contribution in [3.63, 3.8) is 0 Å². The van der Waals surface area contributed by atoms with E-state index in [9.17, 15) is 17.6 Å². The van der Waals surface area contributed by atoms with E-state index in [1.54, 1.807) is 24.3 Å². The molecule has 3 rings (SSSR count). The number of nitrogens with zero attached hydrogens (tertiary/aromatic N) is 1. The zero-order valence-corrected chi connectivity index (χ0v) is 17.3. The van der Waals surface area contributed by atoms with Crippen LogP contribution in [0.2, 0.25) is 0 Å². The molecule has 1 aromatic heterocycles. The normalized spacial score (nSPS) is 12.9. The fraction of sp³-hybridized carbons (Fsp3) is 0.316. The van der Waals surface area contributed by atoms with E-state index in [1.165, 1.54) is 23.2 Å². The number of fused-ring (bicyclic) bond motifs is 1. The van der Waals surface area contributed by atoms with Crippen molar-refractivity contribution in [1.82, 2.24) is 3.96 Å². The average Bonchev–Trinajstić information content (AvgIpc) is 2.97. The molecule has 6 nitrogen and oxygen atoms in total. The first kappa shape index (κ1) is 20.3. The summed E-state index contributed by atoms with van der Waals surface area (Å²) in [7, 11) is -1.94. The smallest absolute Gasteiger partial charge is 0.272 e. The summed E-state index contributed by atoms with van der Waals surface area (Å²) in [5, 5.41) is -0.0375. The Morgan fingerprint density at radius 2 is 1.96 bits per heavy atom. The van der Waals surface area contributed by atoms with Crippen molar-refractivity contribution in [3.8, 4) is 11.5 Å². The first-order valence-electron chi connectivity index (χ1n) is 8.53. The summed E-state index contributed by atoms with van der Waals surface area (Å²) in [6, 6.07) is 8.56. The quantitative estimate of drug-likeness (QED) is 0.581. The molecule has 0 saturated carbocycles. The summed E-state index contributed by atoms with van der Waals surface area (Å²) in [5.74, 6) is 0.0132. The highest BCUT2D eigenvalue weighted by molar-refractivity contribution is 7.90. The molecule has 3 aromatic rings. The molecule has 0 aliphatic heterocycles. The van der Waals surface area contributed by atoms with Gasteiger partial charge in [0.05, 0.1) is 35.6 Å². The highest BCUT2D eigenvalue weighted by Crippen LogP contribution is 2.33. The molecule has 28 heavy (non-hydrogen) atoms. The predicted molar refractivity (Wildman–Crippen MR) is 108 cm³/mol. The van der Waals surface area contributed by atoms with Gasteiger partial charge in [-0.05, 0) is 36.8 Å². The molecular formula is C19H20FNO5S2. The third kappa shape index (κ3) is 4.05. The minimum absolute atomic E-state index is 0.0375. The van der Waals surface area contributed by atoms with Gasteiger partial charge in [-0.2, -0.15) is 0 Å². The lowest BCUT2D eigenvalue weighted by molar-refractivity contribution is 0.310. The summed E-state index contributed by atoms with van der Waals surface area (Å²) in [6.07, 6.45) is 1.10. The maximum atomic E-state index is 14.2. The van der Waals surface area contributed by atoms with Crippen molar-refractivity contribution in [2.75, 3.05) is 25.7 Å². The first-order chi connectivity index (χ1) is 13.2. The number of ether oxygens (including phenoxy) is 2. The third-order valence-corrected chi connectivity index (χ3v) is 6.28. The van der Waals surface area contributed by atoms with Crippen LogP contribution in [0.1, 0.15) is 18.5 Å². The van der Waals surface area contributed by atoms with Crippen molar-refractivity contribution < 1.29 is 22.3 Å². The van der Waals surface area contributed by atoms with Crippen LogP contribution in [-0.2, 0) is 9.84 Å². The summed E-state index contributed by atoms with van der Waals surface area (Å²) in [6.45, 7) is 2.21. The van der Waals surface area contributed by atoms with E-state index in [4.69, 9.17) is 9.47 Å². The van der Waals surface area contributed by atoms with E-state index in [0.29, 0.717) is 28.4 Å². The highest BCUT2D eigenvalue weighted by atomic mass is 32.2. The molecule has 0 spiro atoms.